The molecule has 1 heterocycles. The SMILES string of the molecule is CC1(C(=O)Nc2ccc(S(=O)(=O)NC3CCS(=O)(=O)C3)cc2)CC1(Cl)Cl. The molecule has 1 aromatic carbocycles. The van der Waals surface area contributed by atoms with Gasteiger partial charge in [-0.15, -0.1) is 23.2 Å². The van der Waals surface area contributed by atoms with E-state index >= 15 is 0 Å². The Morgan fingerprint density at radius 3 is 2.27 bits per heavy atom. The smallest absolute Gasteiger partial charge is 0.240 e. The molecular weight excluding hydrogens is 423 g/mol. The number of hydrogen-bond donors (Lipinski definition) is 2. The fourth-order valence-corrected chi connectivity index (χ4v) is 6.56. The van der Waals surface area contributed by atoms with Crippen LogP contribution in [-0.4, -0.2) is 44.6 Å². The van der Waals surface area contributed by atoms with Gasteiger partial charge in [-0.2, -0.15) is 0 Å². The number of alkyl halides is 2. The lowest BCUT2D eigenvalue weighted by Gasteiger charge is -2.14. The van der Waals surface area contributed by atoms with Crippen LogP contribution in [0.3, 0.4) is 0 Å². The molecule has 2 aliphatic rings. The first-order valence-corrected chi connectivity index (χ1v) is 11.9. The number of halogens is 2. The summed E-state index contributed by atoms with van der Waals surface area (Å²) in [5, 5.41) is 2.66. The van der Waals surface area contributed by atoms with Gasteiger partial charge in [0.25, 0.3) is 0 Å². The van der Waals surface area contributed by atoms with E-state index in [1.165, 1.54) is 24.3 Å². The summed E-state index contributed by atoms with van der Waals surface area (Å²) in [6.07, 6.45) is 0.600. The molecule has 1 saturated carbocycles. The number of rotatable bonds is 5. The summed E-state index contributed by atoms with van der Waals surface area (Å²) in [6, 6.07) is 4.96. The summed E-state index contributed by atoms with van der Waals surface area (Å²) in [4.78, 5) is 12.2. The minimum atomic E-state index is -3.84. The van der Waals surface area contributed by atoms with Crippen LogP contribution in [0.2, 0.25) is 0 Å². The average Bonchev–Trinajstić information content (AvgIpc) is 2.86. The Balaban J connectivity index is 1.66. The molecule has 0 bridgehead atoms. The van der Waals surface area contributed by atoms with Crippen LogP contribution in [0.15, 0.2) is 29.2 Å². The number of sulfone groups is 1. The van der Waals surface area contributed by atoms with Crippen LogP contribution in [0, 0.1) is 5.41 Å². The second-order valence-corrected chi connectivity index (χ2v) is 12.3. The van der Waals surface area contributed by atoms with Crippen LogP contribution < -0.4 is 10.0 Å². The summed E-state index contributed by atoms with van der Waals surface area (Å²) >= 11 is 11.9. The number of carbonyl (C=O) groups is 1. The van der Waals surface area contributed by atoms with E-state index < -0.39 is 35.7 Å². The van der Waals surface area contributed by atoms with E-state index in [-0.39, 0.29) is 28.7 Å². The van der Waals surface area contributed by atoms with Crippen molar-refractivity contribution < 1.29 is 21.6 Å². The molecule has 2 atom stereocenters. The van der Waals surface area contributed by atoms with Crippen molar-refractivity contribution in [2.75, 3.05) is 16.8 Å². The third kappa shape index (κ3) is 3.87. The van der Waals surface area contributed by atoms with Gasteiger partial charge in [-0.3, -0.25) is 4.79 Å². The molecule has 1 aliphatic heterocycles. The molecule has 3 rings (SSSR count). The van der Waals surface area contributed by atoms with Gasteiger partial charge >= 0.3 is 0 Å². The predicted molar refractivity (Wildman–Crippen MR) is 99.6 cm³/mol. The van der Waals surface area contributed by atoms with Crippen LogP contribution in [0.1, 0.15) is 19.8 Å². The first-order chi connectivity index (χ1) is 11.8. The molecule has 7 nitrogen and oxygen atoms in total. The molecule has 0 aromatic heterocycles. The Morgan fingerprint density at radius 1 is 1.23 bits per heavy atom. The summed E-state index contributed by atoms with van der Waals surface area (Å²) < 4.78 is 48.9. The maximum Gasteiger partial charge on any atom is 0.240 e. The van der Waals surface area contributed by atoms with Crippen molar-refractivity contribution in [2.24, 2.45) is 5.41 Å². The molecular formula is C15H18Cl2N2O5S2. The lowest BCUT2D eigenvalue weighted by Crippen LogP contribution is -2.35. The van der Waals surface area contributed by atoms with E-state index in [0.717, 1.165) is 0 Å². The Morgan fingerprint density at radius 2 is 1.81 bits per heavy atom. The number of nitrogens with one attached hydrogen (secondary N) is 2. The molecule has 1 aliphatic carbocycles. The number of amides is 1. The zero-order chi connectivity index (χ0) is 19.4. The van der Waals surface area contributed by atoms with Gasteiger partial charge in [0.05, 0.1) is 21.8 Å². The van der Waals surface area contributed by atoms with Gasteiger partial charge in [-0.05, 0) is 44.0 Å². The minimum Gasteiger partial charge on any atom is -0.326 e. The van der Waals surface area contributed by atoms with Gasteiger partial charge < -0.3 is 5.32 Å². The van der Waals surface area contributed by atoms with Gasteiger partial charge in [0.2, 0.25) is 15.9 Å². The third-order valence-electron chi connectivity index (χ3n) is 4.74. The molecule has 144 valence electrons. The molecule has 26 heavy (non-hydrogen) atoms. The molecule has 1 saturated heterocycles. The van der Waals surface area contributed by atoms with Gasteiger partial charge in [0.1, 0.15) is 4.33 Å². The molecule has 1 amide bonds. The molecule has 11 heteroatoms. The highest BCUT2D eigenvalue weighted by Crippen LogP contribution is 2.64. The van der Waals surface area contributed by atoms with Crippen LogP contribution >= 0.6 is 23.2 Å². The van der Waals surface area contributed by atoms with Gasteiger partial charge in [0.15, 0.2) is 9.84 Å². The standard InChI is InChI=1S/C15H18Cl2N2O5S2/c1-14(9-15(14,16)17)13(20)18-10-2-4-12(5-3-10)26(23,24)19-11-6-7-25(21,22)8-11/h2-5,11,19H,6-9H2,1H3,(H,18,20). The Bertz CT molecular complexity index is 945. The normalized spacial score (nSPS) is 29.3. The summed E-state index contributed by atoms with van der Waals surface area (Å²) in [7, 11) is -7.03. The van der Waals surface area contributed by atoms with Crippen LogP contribution in [-0.2, 0) is 24.7 Å². The number of hydrogen-bond acceptors (Lipinski definition) is 5. The molecule has 1 aromatic rings. The highest BCUT2D eigenvalue weighted by molar-refractivity contribution is 7.92. The van der Waals surface area contributed by atoms with E-state index in [9.17, 15) is 21.6 Å². The predicted octanol–water partition coefficient (Wildman–Crippen LogP) is 1.67. The largest absolute Gasteiger partial charge is 0.326 e. The second-order valence-electron chi connectivity index (χ2n) is 6.91. The van der Waals surface area contributed by atoms with E-state index in [4.69, 9.17) is 23.2 Å². The molecule has 2 unspecified atom stereocenters. The average molecular weight is 441 g/mol. The number of sulfonamides is 1. The molecule has 0 spiro atoms. The van der Waals surface area contributed by atoms with Gasteiger partial charge in [0, 0.05) is 11.7 Å². The summed E-state index contributed by atoms with van der Waals surface area (Å²) in [5.74, 6) is -0.559. The first-order valence-electron chi connectivity index (χ1n) is 7.87. The third-order valence-corrected chi connectivity index (χ3v) is 9.14. The quantitative estimate of drug-likeness (QED) is 0.676. The second kappa shape index (κ2) is 6.34. The van der Waals surface area contributed by atoms with Gasteiger partial charge in [-0.1, -0.05) is 0 Å². The zero-order valence-corrected chi connectivity index (χ0v) is 17.0. The molecule has 2 N–H and O–H groups in total. The zero-order valence-electron chi connectivity index (χ0n) is 13.8. The summed E-state index contributed by atoms with van der Waals surface area (Å²) in [5.41, 5.74) is -0.467. The van der Waals surface area contributed by atoms with E-state index in [1.54, 1.807) is 6.92 Å². The van der Waals surface area contributed by atoms with Crippen LogP contribution in [0.25, 0.3) is 0 Å². The topological polar surface area (TPSA) is 109 Å². The number of benzene rings is 1. The fourth-order valence-electron chi connectivity index (χ4n) is 2.81. The fraction of sp³-hybridized carbons (Fsp3) is 0.533. The molecule has 0 radical (unpaired) electrons. The van der Waals surface area contributed by atoms with E-state index in [0.29, 0.717) is 12.1 Å². The van der Waals surface area contributed by atoms with Crippen molar-refractivity contribution >= 4 is 54.7 Å². The minimum absolute atomic E-state index is 0.0125. The highest BCUT2D eigenvalue weighted by atomic mass is 35.5. The van der Waals surface area contributed by atoms with Crippen molar-refractivity contribution in [1.29, 1.82) is 0 Å². The Kier molecular flexibility index (Phi) is 4.85. The lowest BCUT2D eigenvalue weighted by atomic mass is 10.1. The lowest BCUT2D eigenvalue weighted by molar-refractivity contribution is -0.120. The summed E-state index contributed by atoms with van der Waals surface area (Å²) in [6.45, 7) is 1.65. The van der Waals surface area contributed by atoms with E-state index in [2.05, 4.69) is 10.0 Å². The van der Waals surface area contributed by atoms with Crippen molar-refractivity contribution in [3.8, 4) is 0 Å². The molecule has 2 fully saturated rings. The monoisotopic (exact) mass is 440 g/mol. The van der Waals surface area contributed by atoms with E-state index in [1.807, 2.05) is 0 Å². The van der Waals surface area contributed by atoms with Crippen LogP contribution in [0.5, 0.6) is 0 Å². The van der Waals surface area contributed by atoms with Crippen molar-refractivity contribution in [3.63, 3.8) is 0 Å². The number of anilines is 1. The maximum absolute atomic E-state index is 12.4. The van der Waals surface area contributed by atoms with Crippen LogP contribution in [0.4, 0.5) is 5.69 Å². The van der Waals surface area contributed by atoms with Gasteiger partial charge in [-0.25, -0.2) is 21.6 Å². The van der Waals surface area contributed by atoms with Crippen molar-refractivity contribution in [1.82, 2.24) is 4.72 Å². The maximum atomic E-state index is 12.4. The number of carbonyl (C=O) groups excluding carboxylic acids is 1. The first kappa shape index (κ1) is 19.9. The van der Waals surface area contributed by atoms with Crippen molar-refractivity contribution in [2.45, 2.75) is 35.0 Å². The Hall–Kier alpha value is -0.870. The highest BCUT2D eigenvalue weighted by Gasteiger charge is 2.67. The Labute approximate surface area is 162 Å². The van der Waals surface area contributed by atoms with Crippen molar-refractivity contribution in [3.05, 3.63) is 24.3 Å².